The van der Waals surface area contributed by atoms with E-state index in [0.717, 1.165) is 68.2 Å². The predicted octanol–water partition coefficient (Wildman–Crippen LogP) is 3.19. The van der Waals surface area contributed by atoms with Crippen molar-refractivity contribution in [2.24, 2.45) is 10.9 Å². The van der Waals surface area contributed by atoms with Crippen molar-refractivity contribution in [1.29, 1.82) is 0 Å². The number of likely N-dealkylation sites (tertiary alicyclic amines) is 1. The lowest BCUT2D eigenvalue weighted by Gasteiger charge is -2.30. The van der Waals surface area contributed by atoms with Gasteiger partial charge in [0.2, 0.25) is 6.79 Å². The molecule has 1 saturated heterocycles. The van der Waals surface area contributed by atoms with Crippen molar-refractivity contribution in [1.82, 2.24) is 20.5 Å². The van der Waals surface area contributed by atoms with E-state index in [1.807, 2.05) is 6.07 Å². The quantitative estimate of drug-likeness (QED) is 0.482. The SMILES string of the molecule is CCNC(=NCC1CCN(Cc2csc(C)n2)CC1)NCCc1ccc2c(c1)OCO2. The number of guanidine groups is 1. The fourth-order valence-corrected chi connectivity index (χ4v) is 4.62. The van der Waals surface area contributed by atoms with E-state index >= 15 is 0 Å². The van der Waals surface area contributed by atoms with Crippen molar-refractivity contribution in [2.75, 3.05) is 39.5 Å². The normalized spacial score (nSPS) is 17.2. The number of rotatable bonds is 8. The molecule has 2 N–H and O–H groups in total. The Morgan fingerprint density at radius 2 is 2.06 bits per heavy atom. The summed E-state index contributed by atoms with van der Waals surface area (Å²) in [7, 11) is 0. The summed E-state index contributed by atoms with van der Waals surface area (Å²) in [5.74, 6) is 3.23. The maximum atomic E-state index is 5.47. The van der Waals surface area contributed by atoms with Crippen LogP contribution in [0.25, 0.3) is 0 Å². The van der Waals surface area contributed by atoms with Crippen LogP contribution in [0.15, 0.2) is 28.6 Å². The lowest BCUT2D eigenvalue weighted by atomic mass is 9.97. The van der Waals surface area contributed by atoms with Crippen molar-refractivity contribution in [3.05, 3.63) is 39.8 Å². The van der Waals surface area contributed by atoms with Gasteiger partial charge in [-0.15, -0.1) is 11.3 Å². The van der Waals surface area contributed by atoms with Crippen LogP contribution in [0, 0.1) is 12.8 Å². The molecule has 0 bridgehead atoms. The van der Waals surface area contributed by atoms with Gasteiger partial charge in [0.25, 0.3) is 0 Å². The highest BCUT2D eigenvalue weighted by Gasteiger charge is 2.20. The first kappa shape index (κ1) is 21.9. The number of hydrogen-bond donors (Lipinski definition) is 2. The molecule has 3 heterocycles. The minimum Gasteiger partial charge on any atom is -0.454 e. The van der Waals surface area contributed by atoms with E-state index in [4.69, 9.17) is 14.5 Å². The van der Waals surface area contributed by atoms with Crippen molar-refractivity contribution < 1.29 is 9.47 Å². The average molecular weight is 444 g/mol. The van der Waals surface area contributed by atoms with E-state index in [1.165, 1.54) is 24.1 Å². The summed E-state index contributed by atoms with van der Waals surface area (Å²) in [5, 5.41) is 10.2. The molecule has 0 spiro atoms. The maximum absolute atomic E-state index is 5.47. The number of aryl methyl sites for hydroxylation is 1. The monoisotopic (exact) mass is 443 g/mol. The molecule has 2 aliphatic rings. The second-order valence-corrected chi connectivity index (χ2v) is 9.22. The fourth-order valence-electron chi connectivity index (χ4n) is 4.02. The molecular weight excluding hydrogens is 410 g/mol. The summed E-state index contributed by atoms with van der Waals surface area (Å²) >= 11 is 1.74. The number of aromatic nitrogens is 1. The zero-order valence-corrected chi connectivity index (χ0v) is 19.3. The molecule has 2 aromatic rings. The van der Waals surface area contributed by atoms with Gasteiger partial charge in [-0.05, 0) is 69.8 Å². The van der Waals surface area contributed by atoms with E-state index < -0.39 is 0 Å². The smallest absolute Gasteiger partial charge is 0.231 e. The van der Waals surface area contributed by atoms with Gasteiger partial charge in [-0.3, -0.25) is 9.89 Å². The largest absolute Gasteiger partial charge is 0.454 e. The van der Waals surface area contributed by atoms with E-state index in [-0.39, 0.29) is 0 Å². The third-order valence-corrected chi connectivity index (χ3v) is 6.58. The number of benzene rings is 1. The molecule has 2 aliphatic heterocycles. The minimum absolute atomic E-state index is 0.317. The summed E-state index contributed by atoms with van der Waals surface area (Å²) in [4.78, 5) is 12.0. The molecule has 0 atom stereocenters. The van der Waals surface area contributed by atoms with Crippen LogP contribution in [0.4, 0.5) is 0 Å². The van der Waals surface area contributed by atoms with Gasteiger partial charge in [0.15, 0.2) is 17.5 Å². The van der Waals surface area contributed by atoms with Crippen LogP contribution in [-0.4, -0.2) is 55.4 Å². The Bertz CT molecular complexity index is 877. The van der Waals surface area contributed by atoms with Gasteiger partial charge >= 0.3 is 0 Å². The molecule has 31 heavy (non-hydrogen) atoms. The van der Waals surface area contributed by atoms with E-state index in [1.54, 1.807) is 11.3 Å². The molecular formula is C23H33N5O2S. The molecule has 7 nitrogen and oxygen atoms in total. The number of aliphatic imine (C=N–C) groups is 1. The highest BCUT2D eigenvalue weighted by molar-refractivity contribution is 7.09. The lowest BCUT2D eigenvalue weighted by molar-refractivity contribution is 0.174. The van der Waals surface area contributed by atoms with Crippen molar-refractivity contribution in [3.63, 3.8) is 0 Å². The van der Waals surface area contributed by atoms with E-state index in [0.29, 0.717) is 12.7 Å². The molecule has 0 aliphatic carbocycles. The molecule has 0 unspecified atom stereocenters. The number of thiazole rings is 1. The standard InChI is InChI=1S/C23H33N5O2S/c1-3-24-23(25-9-6-18-4-5-21-22(12-18)30-16-29-21)26-13-19-7-10-28(11-8-19)14-20-15-31-17(2)27-20/h4-5,12,15,19H,3,6-11,13-14,16H2,1-2H3,(H2,24,25,26). The van der Waals surface area contributed by atoms with Gasteiger partial charge < -0.3 is 20.1 Å². The molecule has 1 aromatic carbocycles. The number of nitrogens with zero attached hydrogens (tertiary/aromatic N) is 3. The molecule has 8 heteroatoms. The second kappa shape index (κ2) is 10.8. The summed E-state index contributed by atoms with van der Waals surface area (Å²) in [6, 6.07) is 6.15. The maximum Gasteiger partial charge on any atom is 0.231 e. The Balaban J connectivity index is 1.20. The number of fused-ring (bicyclic) bond motifs is 1. The molecule has 0 radical (unpaired) electrons. The molecule has 0 saturated carbocycles. The topological polar surface area (TPSA) is 71.0 Å². The zero-order valence-electron chi connectivity index (χ0n) is 18.5. The van der Waals surface area contributed by atoms with E-state index in [9.17, 15) is 0 Å². The van der Waals surface area contributed by atoms with E-state index in [2.05, 4.69) is 51.9 Å². The zero-order chi connectivity index (χ0) is 21.5. The third-order valence-electron chi connectivity index (χ3n) is 5.75. The summed E-state index contributed by atoms with van der Waals surface area (Å²) < 4.78 is 10.8. The van der Waals surface area contributed by atoms with Gasteiger partial charge in [-0.25, -0.2) is 4.98 Å². The van der Waals surface area contributed by atoms with Gasteiger partial charge in [-0.1, -0.05) is 6.07 Å². The van der Waals surface area contributed by atoms with Crippen LogP contribution in [-0.2, 0) is 13.0 Å². The van der Waals surface area contributed by atoms with Crippen LogP contribution >= 0.6 is 11.3 Å². The predicted molar refractivity (Wildman–Crippen MR) is 125 cm³/mol. The number of piperidine rings is 1. The van der Waals surface area contributed by atoms with Crippen molar-refractivity contribution in [2.45, 2.75) is 39.7 Å². The highest BCUT2D eigenvalue weighted by Crippen LogP contribution is 2.32. The Morgan fingerprint density at radius 1 is 1.23 bits per heavy atom. The summed E-state index contributed by atoms with van der Waals surface area (Å²) in [6.07, 6.45) is 3.31. The molecule has 1 fully saturated rings. The first-order valence-corrected chi connectivity index (χ1v) is 12.1. The molecule has 4 rings (SSSR count). The van der Waals surface area contributed by atoms with Gasteiger partial charge in [0, 0.05) is 31.6 Å². The molecule has 1 aromatic heterocycles. The summed E-state index contributed by atoms with van der Waals surface area (Å²) in [5.41, 5.74) is 2.44. The molecule has 0 amide bonds. The van der Waals surface area contributed by atoms with Crippen molar-refractivity contribution >= 4 is 17.3 Å². The van der Waals surface area contributed by atoms with Crippen LogP contribution in [0.3, 0.4) is 0 Å². The lowest BCUT2D eigenvalue weighted by Crippen LogP contribution is -2.39. The third kappa shape index (κ3) is 6.33. The Labute approximate surface area is 188 Å². The highest BCUT2D eigenvalue weighted by atomic mass is 32.1. The first-order valence-electron chi connectivity index (χ1n) is 11.2. The Hall–Kier alpha value is -2.32. The van der Waals surface area contributed by atoms with Gasteiger partial charge in [0.05, 0.1) is 10.7 Å². The van der Waals surface area contributed by atoms with Crippen LogP contribution < -0.4 is 20.1 Å². The summed E-state index contributed by atoms with van der Waals surface area (Å²) in [6.45, 7) is 10.3. The number of ether oxygens (including phenoxy) is 2. The average Bonchev–Trinajstić information content (AvgIpc) is 3.41. The number of hydrogen-bond acceptors (Lipinski definition) is 6. The fraction of sp³-hybridized carbons (Fsp3) is 0.565. The van der Waals surface area contributed by atoms with Gasteiger partial charge in [-0.2, -0.15) is 0 Å². The van der Waals surface area contributed by atoms with Crippen LogP contribution in [0.2, 0.25) is 0 Å². The van der Waals surface area contributed by atoms with Gasteiger partial charge in [0.1, 0.15) is 0 Å². The van der Waals surface area contributed by atoms with Crippen LogP contribution in [0.1, 0.15) is 36.0 Å². The first-order chi connectivity index (χ1) is 15.2. The second-order valence-electron chi connectivity index (χ2n) is 8.16. The van der Waals surface area contributed by atoms with Crippen molar-refractivity contribution in [3.8, 4) is 11.5 Å². The minimum atomic E-state index is 0.317. The Morgan fingerprint density at radius 3 is 2.84 bits per heavy atom. The number of nitrogens with one attached hydrogen (secondary N) is 2. The van der Waals surface area contributed by atoms with Crippen LogP contribution in [0.5, 0.6) is 11.5 Å². The molecule has 168 valence electrons. The Kier molecular flexibility index (Phi) is 7.64.